The number of hydrogen-bond acceptors (Lipinski definition) is 1. The van der Waals surface area contributed by atoms with Gasteiger partial charge in [-0.05, 0) is 141 Å². The molecule has 0 aliphatic heterocycles. The van der Waals surface area contributed by atoms with Crippen molar-refractivity contribution in [2.45, 2.75) is 38.0 Å². The minimum absolute atomic E-state index is 0.770. The first-order valence-electron chi connectivity index (χ1n) is 18.7. The third-order valence-corrected chi connectivity index (χ3v) is 12.0. The second-order valence-electron chi connectivity index (χ2n) is 14.9. The Morgan fingerprint density at radius 1 is 0.392 bits per heavy atom. The monoisotopic (exact) mass is 655 g/mol. The maximum atomic E-state index is 2.41. The molecule has 1 nitrogen and oxygen atoms in total. The number of benzene rings is 7. The van der Waals surface area contributed by atoms with E-state index in [1.807, 2.05) is 0 Å². The number of anilines is 3. The number of fused-ring (bicyclic) bond motifs is 5. The summed E-state index contributed by atoms with van der Waals surface area (Å²) in [5, 5.41) is 0. The lowest BCUT2D eigenvalue weighted by atomic mass is 9.83. The fourth-order valence-electron chi connectivity index (χ4n) is 9.47. The van der Waals surface area contributed by atoms with E-state index in [1.54, 1.807) is 5.56 Å². The van der Waals surface area contributed by atoms with Crippen LogP contribution in [0.3, 0.4) is 0 Å². The SMILES string of the molecule is c1ccc(-c2ccccc2-c2ccc(N(c3ccc(-c4ccc(C5CC6CCC5C6)cc4)cc3)c3ccc4c(c3)-c3ccccc3C4)cc2)cc1. The summed E-state index contributed by atoms with van der Waals surface area (Å²) in [6, 6.07) is 63.1. The minimum atomic E-state index is 0.770. The molecule has 246 valence electrons. The molecule has 0 N–H and O–H groups in total. The summed E-state index contributed by atoms with van der Waals surface area (Å²) in [7, 11) is 0. The highest BCUT2D eigenvalue weighted by atomic mass is 15.1. The van der Waals surface area contributed by atoms with Crippen LogP contribution in [0.5, 0.6) is 0 Å². The van der Waals surface area contributed by atoms with Crippen LogP contribution >= 0.6 is 0 Å². The first-order valence-corrected chi connectivity index (χ1v) is 18.7. The van der Waals surface area contributed by atoms with Crippen molar-refractivity contribution in [3.8, 4) is 44.5 Å². The van der Waals surface area contributed by atoms with Crippen molar-refractivity contribution in [2.24, 2.45) is 11.8 Å². The van der Waals surface area contributed by atoms with Gasteiger partial charge in [0, 0.05) is 17.1 Å². The van der Waals surface area contributed by atoms with E-state index in [2.05, 4.69) is 175 Å². The van der Waals surface area contributed by atoms with Gasteiger partial charge >= 0.3 is 0 Å². The average molecular weight is 656 g/mol. The minimum Gasteiger partial charge on any atom is -0.310 e. The Bertz CT molecular complexity index is 2330. The predicted octanol–water partition coefficient (Wildman–Crippen LogP) is 13.6. The average Bonchev–Trinajstić information content (AvgIpc) is 3.94. The molecule has 0 amide bonds. The van der Waals surface area contributed by atoms with E-state index in [0.717, 1.165) is 35.5 Å². The molecule has 0 spiro atoms. The third-order valence-electron chi connectivity index (χ3n) is 12.0. The molecule has 2 fully saturated rings. The molecular formula is C50H41N. The van der Waals surface area contributed by atoms with Gasteiger partial charge in [0.2, 0.25) is 0 Å². The van der Waals surface area contributed by atoms with Crippen molar-refractivity contribution >= 4 is 17.1 Å². The lowest BCUT2D eigenvalue weighted by Crippen LogP contribution is -2.10. The van der Waals surface area contributed by atoms with Gasteiger partial charge in [0.1, 0.15) is 0 Å². The largest absolute Gasteiger partial charge is 0.310 e. The standard InChI is InChI=1S/C50H41N/c1-2-8-37(9-3-1)46-11-6-7-12-47(46)38-22-27-44(28-23-38)51(45-29-24-42-32-40-10-4-5-13-48(40)50(42)33-45)43-25-20-36(21-26-43)35-16-18-39(19-17-35)49-31-34-14-15-41(49)30-34/h1-13,16-29,33-34,41,49H,14-15,30-32H2. The molecule has 7 aromatic rings. The van der Waals surface area contributed by atoms with Crippen LogP contribution in [0.1, 0.15) is 48.3 Å². The van der Waals surface area contributed by atoms with Crippen molar-refractivity contribution in [1.82, 2.24) is 0 Å². The molecule has 3 aliphatic rings. The number of nitrogens with zero attached hydrogens (tertiary/aromatic N) is 1. The van der Waals surface area contributed by atoms with Crippen LogP contribution in [-0.2, 0) is 6.42 Å². The van der Waals surface area contributed by atoms with Gasteiger partial charge in [-0.15, -0.1) is 0 Å². The van der Waals surface area contributed by atoms with E-state index in [0.29, 0.717) is 0 Å². The Kier molecular flexibility index (Phi) is 7.45. The van der Waals surface area contributed by atoms with Gasteiger partial charge in [-0.1, -0.05) is 140 Å². The van der Waals surface area contributed by atoms with Crippen molar-refractivity contribution < 1.29 is 0 Å². The summed E-state index contributed by atoms with van der Waals surface area (Å²) in [4.78, 5) is 2.41. The second kappa shape index (κ2) is 12.6. The first-order chi connectivity index (χ1) is 25.2. The molecule has 2 saturated carbocycles. The Balaban J connectivity index is 1.01. The lowest BCUT2D eigenvalue weighted by molar-refractivity contribution is 0.420. The molecule has 0 heterocycles. The van der Waals surface area contributed by atoms with Crippen LogP contribution in [0.4, 0.5) is 17.1 Å². The van der Waals surface area contributed by atoms with Crippen LogP contribution in [0.2, 0.25) is 0 Å². The van der Waals surface area contributed by atoms with Crippen molar-refractivity contribution in [3.05, 3.63) is 187 Å². The van der Waals surface area contributed by atoms with Gasteiger partial charge in [-0.3, -0.25) is 0 Å². The van der Waals surface area contributed by atoms with Crippen LogP contribution in [0.15, 0.2) is 170 Å². The van der Waals surface area contributed by atoms with Crippen LogP contribution in [-0.4, -0.2) is 0 Å². The Labute approximate surface area is 301 Å². The maximum Gasteiger partial charge on any atom is 0.0467 e. The van der Waals surface area contributed by atoms with Crippen molar-refractivity contribution in [1.29, 1.82) is 0 Å². The summed E-state index contributed by atoms with van der Waals surface area (Å²) in [5.41, 5.74) is 18.0. The zero-order valence-electron chi connectivity index (χ0n) is 28.9. The second-order valence-corrected chi connectivity index (χ2v) is 14.9. The molecule has 1 heteroatoms. The highest BCUT2D eigenvalue weighted by molar-refractivity contribution is 5.87. The Hall–Kier alpha value is -5.66. The van der Waals surface area contributed by atoms with Gasteiger partial charge < -0.3 is 4.90 Å². The lowest BCUT2D eigenvalue weighted by Gasteiger charge is -2.27. The normalized spacial score (nSPS) is 18.4. The zero-order chi connectivity index (χ0) is 33.7. The van der Waals surface area contributed by atoms with Gasteiger partial charge in [-0.25, -0.2) is 0 Å². The fraction of sp³-hybridized carbons (Fsp3) is 0.160. The maximum absolute atomic E-state index is 2.41. The summed E-state index contributed by atoms with van der Waals surface area (Å²) in [5.74, 6) is 2.65. The van der Waals surface area contributed by atoms with Gasteiger partial charge in [0.05, 0.1) is 0 Å². The third kappa shape index (κ3) is 5.49. The van der Waals surface area contributed by atoms with E-state index >= 15 is 0 Å². The quantitative estimate of drug-likeness (QED) is 0.165. The van der Waals surface area contributed by atoms with Crippen molar-refractivity contribution in [3.63, 3.8) is 0 Å². The van der Waals surface area contributed by atoms with Crippen molar-refractivity contribution in [2.75, 3.05) is 4.90 Å². The summed E-state index contributed by atoms with van der Waals surface area (Å²) >= 11 is 0. The van der Waals surface area contributed by atoms with E-state index in [4.69, 9.17) is 0 Å². The Morgan fingerprint density at radius 3 is 1.59 bits per heavy atom. The first kappa shape index (κ1) is 30.2. The van der Waals surface area contributed by atoms with Gasteiger partial charge in [-0.2, -0.15) is 0 Å². The summed E-state index contributed by atoms with van der Waals surface area (Å²) in [6.07, 6.45) is 6.72. The van der Waals surface area contributed by atoms with Crippen LogP contribution in [0, 0.1) is 11.8 Å². The van der Waals surface area contributed by atoms with Crippen LogP contribution < -0.4 is 4.90 Å². The molecule has 3 aliphatic carbocycles. The zero-order valence-corrected chi connectivity index (χ0v) is 28.9. The number of hydrogen-bond donors (Lipinski definition) is 0. The smallest absolute Gasteiger partial charge is 0.0467 e. The van der Waals surface area contributed by atoms with Gasteiger partial charge in [0.15, 0.2) is 0 Å². The highest BCUT2D eigenvalue weighted by Crippen LogP contribution is 2.53. The molecule has 7 aromatic carbocycles. The molecule has 0 aromatic heterocycles. The molecule has 3 atom stereocenters. The molecule has 0 saturated heterocycles. The van der Waals surface area contributed by atoms with Gasteiger partial charge in [0.25, 0.3) is 0 Å². The van der Waals surface area contributed by atoms with E-state index < -0.39 is 0 Å². The van der Waals surface area contributed by atoms with Crippen LogP contribution in [0.25, 0.3) is 44.5 Å². The van der Waals surface area contributed by atoms with E-state index in [-0.39, 0.29) is 0 Å². The molecule has 51 heavy (non-hydrogen) atoms. The topological polar surface area (TPSA) is 3.24 Å². The summed E-state index contributed by atoms with van der Waals surface area (Å²) in [6.45, 7) is 0. The van der Waals surface area contributed by atoms with E-state index in [9.17, 15) is 0 Å². The molecule has 10 rings (SSSR count). The summed E-state index contributed by atoms with van der Waals surface area (Å²) < 4.78 is 0. The molecule has 3 unspecified atom stereocenters. The number of rotatable bonds is 7. The molecule has 2 bridgehead atoms. The fourth-order valence-corrected chi connectivity index (χ4v) is 9.47. The Morgan fingerprint density at radius 2 is 0.941 bits per heavy atom. The molecular weight excluding hydrogens is 615 g/mol. The molecule has 0 radical (unpaired) electrons. The highest BCUT2D eigenvalue weighted by Gasteiger charge is 2.40. The predicted molar refractivity (Wildman–Crippen MR) is 214 cm³/mol. The van der Waals surface area contributed by atoms with E-state index in [1.165, 1.54) is 87.0 Å².